The lowest BCUT2D eigenvalue weighted by atomic mass is 10.1. The maximum absolute atomic E-state index is 12.6. The molecule has 140 valence electrons. The van der Waals surface area contributed by atoms with Gasteiger partial charge in [0.05, 0.1) is 12.8 Å². The molecule has 0 aliphatic carbocycles. The van der Waals surface area contributed by atoms with Gasteiger partial charge in [-0.05, 0) is 18.2 Å². The molecule has 2 aromatic heterocycles. The molecule has 0 unspecified atom stereocenters. The van der Waals surface area contributed by atoms with Gasteiger partial charge in [-0.2, -0.15) is 0 Å². The fourth-order valence-corrected chi connectivity index (χ4v) is 2.49. The predicted molar refractivity (Wildman–Crippen MR) is 95.9 cm³/mol. The van der Waals surface area contributed by atoms with Crippen LogP contribution < -0.4 is 21.3 Å². The lowest BCUT2D eigenvalue weighted by molar-refractivity contribution is 0.101. The molecule has 3 aromatic rings. The van der Waals surface area contributed by atoms with Crippen LogP contribution in [0.25, 0.3) is 11.5 Å². The SMILES string of the molecule is COc1ccc(-c2nnc(C)o2)cc1NC(=O)c1cc(=O)n(C)c(=O)n1C. The summed E-state index contributed by atoms with van der Waals surface area (Å²) < 4.78 is 12.6. The van der Waals surface area contributed by atoms with Gasteiger partial charge in [-0.25, -0.2) is 4.79 Å². The Morgan fingerprint density at radius 3 is 2.52 bits per heavy atom. The number of hydrogen-bond donors (Lipinski definition) is 1. The minimum absolute atomic E-state index is 0.0795. The Morgan fingerprint density at radius 1 is 1.15 bits per heavy atom. The van der Waals surface area contributed by atoms with Gasteiger partial charge in [0.2, 0.25) is 11.8 Å². The van der Waals surface area contributed by atoms with E-state index in [2.05, 4.69) is 15.5 Å². The average molecular weight is 371 g/mol. The molecule has 27 heavy (non-hydrogen) atoms. The van der Waals surface area contributed by atoms with E-state index in [0.717, 1.165) is 15.2 Å². The zero-order valence-corrected chi connectivity index (χ0v) is 15.1. The van der Waals surface area contributed by atoms with Crippen molar-refractivity contribution in [3.63, 3.8) is 0 Å². The molecule has 0 aliphatic rings. The van der Waals surface area contributed by atoms with Crippen LogP contribution in [-0.4, -0.2) is 32.3 Å². The minimum atomic E-state index is -0.635. The molecule has 0 atom stereocenters. The number of rotatable bonds is 4. The van der Waals surface area contributed by atoms with Crippen LogP contribution in [0, 0.1) is 6.92 Å². The highest BCUT2D eigenvalue weighted by atomic mass is 16.5. The number of aromatic nitrogens is 4. The number of amides is 1. The molecular formula is C17H17N5O5. The van der Waals surface area contributed by atoms with Gasteiger partial charge in [-0.3, -0.25) is 18.7 Å². The summed E-state index contributed by atoms with van der Waals surface area (Å²) in [7, 11) is 4.20. The van der Waals surface area contributed by atoms with Crippen molar-refractivity contribution in [3.05, 3.63) is 56.7 Å². The van der Waals surface area contributed by atoms with Crippen LogP contribution in [0.3, 0.4) is 0 Å². The summed E-state index contributed by atoms with van der Waals surface area (Å²) in [5, 5.41) is 10.4. The van der Waals surface area contributed by atoms with E-state index in [4.69, 9.17) is 9.15 Å². The van der Waals surface area contributed by atoms with Gasteiger partial charge in [-0.15, -0.1) is 10.2 Å². The Bertz CT molecular complexity index is 1140. The molecule has 1 aromatic carbocycles. The third kappa shape index (κ3) is 3.36. The highest BCUT2D eigenvalue weighted by Crippen LogP contribution is 2.30. The smallest absolute Gasteiger partial charge is 0.331 e. The molecule has 0 saturated carbocycles. The molecule has 3 rings (SSSR count). The Balaban J connectivity index is 2.01. The molecule has 0 aliphatic heterocycles. The number of hydrogen-bond acceptors (Lipinski definition) is 7. The average Bonchev–Trinajstić information content (AvgIpc) is 3.09. The summed E-state index contributed by atoms with van der Waals surface area (Å²) in [6, 6.07) is 6.03. The topological polar surface area (TPSA) is 121 Å². The maximum atomic E-state index is 12.6. The summed E-state index contributed by atoms with van der Waals surface area (Å²) >= 11 is 0. The molecule has 1 amide bonds. The summed E-state index contributed by atoms with van der Waals surface area (Å²) in [6.07, 6.45) is 0. The van der Waals surface area contributed by atoms with Crippen LogP contribution in [0.1, 0.15) is 16.4 Å². The fourth-order valence-electron chi connectivity index (χ4n) is 2.49. The molecule has 10 nitrogen and oxygen atoms in total. The molecule has 0 radical (unpaired) electrons. The van der Waals surface area contributed by atoms with E-state index in [0.29, 0.717) is 22.9 Å². The second-order valence-corrected chi connectivity index (χ2v) is 5.76. The summed E-state index contributed by atoms with van der Waals surface area (Å²) in [4.78, 5) is 36.5. The third-order valence-electron chi connectivity index (χ3n) is 3.98. The summed E-state index contributed by atoms with van der Waals surface area (Å²) in [5.41, 5.74) is -0.363. The van der Waals surface area contributed by atoms with E-state index in [1.54, 1.807) is 25.1 Å². The Morgan fingerprint density at radius 2 is 1.89 bits per heavy atom. The van der Waals surface area contributed by atoms with E-state index in [-0.39, 0.29) is 11.6 Å². The predicted octanol–water partition coefficient (Wildman–Crippen LogP) is 0.703. The highest BCUT2D eigenvalue weighted by Gasteiger charge is 2.17. The molecule has 1 N–H and O–H groups in total. The largest absolute Gasteiger partial charge is 0.495 e. The van der Waals surface area contributed by atoms with Crippen LogP contribution in [0.2, 0.25) is 0 Å². The molecule has 0 spiro atoms. The zero-order chi connectivity index (χ0) is 19.7. The molecule has 2 heterocycles. The second-order valence-electron chi connectivity index (χ2n) is 5.76. The Hall–Kier alpha value is -3.69. The van der Waals surface area contributed by atoms with Crippen LogP contribution >= 0.6 is 0 Å². The number of benzene rings is 1. The first-order valence-electron chi connectivity index (χ1n) is 7.88. The quantitative estimate of drug-likeness (QED) is 0.716. The number of nitrogens with zero attached hydrogens (tertiary/aromatic N) is 4. The van der Waals surface area contributed by atoms with Gasteiger partial charge < -0.3 is 14.5 Å². The number of ether oxygens (including phenoxy) is 1. The van der Waals surface area contributed by atoms with Crippen molar-refractivity contribution >= 4 is 11.6 Å². The Kier molecular flexibility index (Phi) is 4.63. The van der Waals surface area contributed by atoms with Crippen LogP contribution in [-0.2, 0) is 14.1 Å². The van der Waals surface area contributed by atoms with Crippen LogP contribution in [0.4, 0.5) is 5.69 Å². The lowest BCUT2D eigenvalue weighted by Gasteiger charge is -2.13. The van der Waals surface area contributed by atoms with Crippen molar-refractivity contribution in [2.24, 2.45) is 14.1 Å². The minimum Gasteiger partial charge on any atom is -0.495 e. The zero-order valence-electron chi connectivity index (χ0n) is 15.1. The summed E-state index contributed by atoms with van der Waals surface area (Å²) in [5.74, 6) is 0.440. The van der Waals surface area contributed by atoms with Gasteiger partial charge >= 0.3 is 5.69 Å². The van der Waals surface area contributed by atoms with Gasteiger partial charge in [0.25, 0.3) is 11.5 Å². The number of anilines is 1. The lowest BCUT2D eigenvalue weighted by Crippen LogP contribution is -2.40. The van der Waals surface area contributed by atoms with E-state index in [9.17, 15) is 14.4 Å². The summed E-state index contributed by atoms with van der Waals surface area (Å²) in [6.45, 7) is 1.67. The molecule has 0 saturated heterocycles. The Labute approximate surface area is 153 Å². The number of carbonyl (C=O) groups is 1. The van der Waals surface area contributed by atoms with Gasteiger partial charge in [0.15, 0.2) is 0 Å². The third-order valence-corrected chi connectivity index (χ3v) is 3.98. The normalized spacial score (nSPS) is 10.7. The van der Waals surface area contributed by atoms with Gasteiger partial charge in [-0.1, -0.05) is 0 Å². The fraction of sp³-hybridized carbons (Fsp3) is 0.235. The van der Waals surface area contributed by atoms with Crippen LogP contribution in [0.5, 0.6) is 5.75 Å². The van der Waals surface area contributed by atoms with Crippen molar-refractivity contribution in [2.75, 3.05) is 12.4 Å². The molecule has 10 heteroatoms. The van der Waals surface area contributed by atoms with Crippen molar-refractivity contribution in [1.29, 1.82) is 0 Å². The number of nitrogens with one attached hydrogen (secondary N) is 1. The van der Waals surface area contributed by atoms with Crippen molar-refractivity contribution in [2.45, 2.75) is 6.92 Å². The first-order valence-corrected chi connectivity index (χ1v) is 7.88. The molecule has 0 fully saturated rings. The highest BCUT2D eigenvalue weighted by molar-refractivity contribution is 6.04. The van der Waals surface area contributed by atoms with E-state index in [1.807, 2.05) is 0 Å². The van der Waals surface area contributed by atoms with E-state index in [1.165, 1.54) is 21.2 Å². The van der Waals surface area contributed by atoms with E-state index >= 15 is 0 Å². The van der Waals surface area contributed by atoms with Crippen molar-refractivity contribution in [3.8, 4) is 17.2 Å². The first kappa shape index (κ1) is 18.1. The van der Waals surface area contributed by atoms with E-state index < -0.39 is 17.2 Å². The number of carbonyl (C=O) groups excluding carboxylic acids is 1. The van der Waals surface area contributed by atoms with Gasteiger partial charge in [0.1, 0.15) is 11.4 Å². The first-order chi connectivity index (χ1) is 12.8. The molecular weight excluding hydrogens is 354 g/mol. The van der Waals surface area contributed by atoms with Gasteiger partial charge in [0, 0.05) is 32.6 Å². The standard InChI is InChI=1S/C17H17N5O5/c1-9-19-20-16(27-9)10-5-6-13(26-4)11(7-10)18-15(24)12-8-14(23)22(3)17(25)21(12)2/h5-8H,1-4H3,(H,18,24). The van der Waals surface area contributed by atoms with Crippen molar-refractivity contribution < 1.29 is 13.9 Å². The second kappa shape index (κ2) is 6.90. The van der Waals surface area contributed by atoms with Crippen LogP contribution in [0.15, 0.2) is 38.3 Å². The number of aryl methyl sites for hydroxylation is 1. The monoisotopic (exact) mass is 371 g/mol. The molecule has 0 bridgehead atoms. The number of methoxy groups -OCH3 is 1. The van der Waals surface area contributed by atoms with Crippen molar-refractivity contribution in [1.82, 2.24) is 19.3 Å². The maximum Gasteiger partial charge on any atom is 0.331 e.